The summed E-state index contributed by atoms with van der Waals surface area (Å²) in [5.41, 5.74) is 0.743. The average molecular weight is 412 g/mol. The monoisotopic (exact) mass is 411 g/mol. The van der Waals surface area contributed by atoms with Crippen molar-refractivity contribution in [2.75, 3.05) is 19.8 Å². The highest BCUT2D eigenvalue weighted by Crippen LogP contribution is 2.43. The molecule has 0 amide bonds. The van der Waals surface area contributed by atoms with E-state index < -0.39 is 50.3 Å². The third-order valence-corrected chi connectivity index (χ3v) is 9.82. The highest BCUT2D eigenvalue weighted by atomic mass is 28.4. The maximum Gasteiger partial charge on any atom is 0.312 e. The summed E-state index contributed by atoms with van der Waals surface area (Å²) < 4.78 is 11.8. The van der Waals surface area contributed by atoms with E-state index in [-0.39, 0.29) is 11.6 Å². The van der Waals surface area contributed by atoms with Gasteiger partial charge in [-0.15, -0.1) is 0 Å². The second-order valence-electron chi connectivity index (χ2n) is 8.45. The number of benzene rings is 1. The number of nitro groups is 1. The van der Waals surface area contributed by atoms with E-state index in [0.29, 0.717) is 0 Å². The molecular formula is C20H33NO6Si. The molecule has 0 aliphatic heterocycles. The predicted molar refractivity (Wildman–Crippen MR) is 110 cm³/mol. The molecule has 0 heterocycles. The summed E-state index contributed by atoms with van der Waals surface area (Å²) >= 11 is 0. The Balaban J connectivity index is 3.49. The molecule has 7 nitrogen and oxygen atoms in total. The molecule has 0 aliphatic rings. The average Bonchev–Trinajstić information content (AvgIpc) is 2.59. The predicted octanol–water partition coefficient (Wildman–Crippen LogP) is 3.81. The summed E-state index contributed by atoms with van der Waals surface area (Å²) in [6.07, 6.45) is -0.738. The van der Waals surface area contributed by atoms with Crippen LogP contribution in [0.1, 0.15) is 39.4 Å². The van der Waals surface area contributed by atoms with Gasteiger partial charge in [0.25, 0.3) is 0 Å². The molecule has 0 saturated heterocycles. The van der Waals surface area contributed by atoms with Crippen LogP contribution in [0.2, 0.25) is 18.1 Å². The van der Waals surface area contributed by atoms with Gasteiger partial charge in [-0.3, -0.25) is 14.9 Å². The number of ether oxygens (including phenoxy) is 1. The van der Waals surface area contributed by atoms with Crippen LogP contribution in [0.15, 0.2) is 30.3 Å². The Bertz CT molecular complexity index is 644. The SMILES string of the molecule is CCOC(=O)[C@@H]([C@@H](CO)C[N+](=O)[O-])[C@@H](O[Si](C)(C)C(C)(C)C)c1ccccc1. The lowest BCUT2D eigenvalue weighted by atomic mass is 9.84. The van der Waals surface area contributed by atoms with Gasteiger partial charge in [0, 0.05) is 4.92 Å². The molecule has 0 radical (unpaired) electrons. The van der Waals surface area contributed by atoms with Gasteiger partial charge in [0.2, 0.25) is 6.54 Å². The highest BCUT2D eigenvalue weighted by molar-refractivity contribution is 6.74. The number of nitrogens with zero attached hydrogens (tertiary/aromatic N) is 1. The van der Waals surface area contributed by atoms with Crippen LogP contribution in [0.25, 0.3) is 0 Å². The smallest absolute Gasteiger partial charge is 0.312 e. The van der Waals surface area contributed by atoms with Gasteiger partial charge < -0.3 is 14.3 Å². The molecule has 1 rings (SSSR count). The summed E-state index contributed by atoms with van der Waals surface area (Å²) in [5, 5.41) is 20.9. The van der Waals surface area contributed by atoms with Crippen molar-refractivity contribution in [3.8, 4) is 0 Å². The molecule has 28 heavy (non-hydrogen) atoms. The number of esters is 1. The van der Waals surface area contributed by atoms with Crippen LogP contribution < -0.4 is 0 Å². The van der Waals surface area contributed by atoms with Crippen molar-refractivity contribution < 1.29 is 24.0 Å². The van der Waals surface area contributed by atoms with Gasteiger partial charge in [0.1, 0.15) is 0 Å². The summed E-state index contributed by atoms with van der Waals surface area (Å²) in [4.78, 5) is 23.5. The third-order valence-electron chi connectivity index (χ3n) is 5.37. The van der Waals surface area contributed by atoms with Crippen molar-refractivity contribution in [1.29, 1.82) is 0 Å². The number of rotatable bonds is 10. The van der Waals surface area contributed by atoms with E-state index in [2.05, 4.69) is 33.9 Å². The highest BCUT2D eigenvalue weighted by Gasteiger charge is 2.46. The number of aliphatic hydroxyl groups excluding tert-OH is 1. The van der Waals surface area contributed by atoms with E-state index in [9.17, 15) is 20.0 Å². The maximum atomic E-state index is 12.9. The Labute approximate surface area is 168 Å². The lowest BCUT2D eigenvalue weighted by Crippen LogP contribution is -2.46. The first-order chi connectivity index (χ1) is 12.9. The summed E-state index contributed by atoms with van der Waals surface area (Å²) in [7, 11) is -2.34. The van der Waals surface area contributed by atoms with Crippen LogP contribution in [0.5, 0.6) is 0 Å². The molecule has 1 N–H and O–H groups in total. The van der Waals surface area contributed by atoms with Crippen molar-refractivity contribution in [2.45, 2.75) is 51.9 Å². The fourth-order valence-corrected chi connectivity index (χ4v) is 4.03. The standard InChI is InChI=1S/C20H33NO6Si/c1-7-26-19(23)17(16(14-22)13-21(24)25)18(15-11-9-8-10-12-15)27-28(5,6)20(2,3)4/h8-12,16-18,22H,7,13-14H2,1-6H3/t16-,17+,18+/m1/s1. The second kappa shape index (κ2) is 10.1. The van der Waals surface area contributed by atoms with E-state index >= 15 is 0 Å². The minimum Gasteiger partial charge on any atom is -0.466 e. The van der Waals surface area contributed by atoms with Gasteiger partial charge >= 0.3 is 5.97 Å². The van der Waals surface area contributed by atoms with Crippen LogP contribution in [0.3, 0.4) is 0 Å². The molecule has 1 aromatic rings. The topological polar surface area (TPSA) is 98.9 Å². The Morgan fingerprint density at radius 3 is 2.25 bits per heavy atom. The van der Waals surface area contributed by atoms with Gasteiger partial charge in [0.05, 0.1) is 31.2 Å². The Morgan fingerprint density at radius 1 is 1.25 bits per heavy atom. The first-order valence-electron chi connectivity index (χ1n) is 9.56. The molecule has 158 valence electrons. The molecule has 1 aromatic carbocycles. The zero-order valence-electron chi connectivity index (χ0n) is 17.7. The first kappa shape index (κ1) is 24.3. The van der Waals surface area contributed by atoms with Gasteiger partial charge in [-0.05, 0) is 30.6 Å². The zero-order valence-corrected chi connectivity index (χ0v) is 18.7. The zero-order chi connectivity index (χ0) is 21.5. The van der Waals surface area contributed by atoms with Gasteiger partial charge in [-0.1, -0.05) is 51.1 Å². The minimum absolute atomic E-state index is 0.128. The van der Waals surface area contributed by atoms with Crippen LogP contribution >= 0.6 is 0 Å². The normalized spacial score (nSPS) is 15.5. The molecule has 0 aromatic heterocycles. The molecule has 0 fully saturated rings. The molecule has 0 spiro atoms. The first-order valence-corrected chi connectivity index (χ1v) is 12.5. The van der Waals surface area contributed by atoms with Crippen molar-refractivity contribution in [3.05, 3.63) is 46.0 Å². The summed E-state index contributed by atoms with van der Waals surface area (Å²) in [6.45, 7) is 11.2. The van der Waals surface area contributed by atoms with E-state index in [1.165, 1.54) is 0 Å². The maximum absolute atomic E-state index is 12.9. The van der Waals surface area contributed by atoms with E-state index in [1.54, 1.807) is 6.92 Å². The van der Waals surface area contributed by atoms with Crippen molar-refractivity contribution in [3.63, 3.8) is 0 Å². The van der Waals surface area contributed by atoms with Gasteiger partial charge in [0.15, 0.2) is 8.32 Å². The Morgan fingerprint density at radius 2 is 1.82 bits per heavy atom. The fraction of sp³-hybridized carbons (Fsp3) is 0.650. The van der Waals surface area contributed by atoms with E-state index in [1.807, 2.05) is 30.3 Å². The van der Waals surface area contributed by atoms with Gasteiger partial charge in [-0.25, -0.2) is 0 Å². The Kier molecular flexibility index (Phi) is 8.78. The number of aliphatic hydroxyl groups is 1. The quantitative estimate of drug-likeness (QED) is 0.272. The minimum atomic E-state index is -2.34. The van der Waals surface area contributed by atoms with E-state index in [4.69, 9.17) is 9.16 Å². The second-order valence-corrected chi connectivity index (χ2v) is 13.2. The van der Waals surface area contributed by atoms with Crippen molar-refractivity contribution in [1.82, 2.24) is 0 Å². The Hall–Kier alpha value is -1.77. The lowest BCUT2D eigenvalue weighted by molar-refractivity contribution is -0.490. The number of hydrogen-bond acceptors (Lipinski definition) is 6. The van der Waals surface area contributed by atoms with Gasteiger partial charge in [-0.2, -0.15) is 0 Å². The molecule has 0 unspecified atom stereocenters. The lowest BCUT2D eigenvalue weighted by Gasteiger charge is -2.42. The largest absolute Gasteiger partial charge is 0.466 e. The van der Waals surface area contributed by atoms with E-state index in [0.717, 1.165) is 5.56 Å². The number of carbonyl (C=O) groups excluding carboxylic acids is 1. The fourth-order valence-electron chi connectivity index (χ4n) is 2.76. The molecule has 8 heteroatoms. The molecule has 0 bridgehead atoms. The molecule has 0 aliphatic carbocycles. The number of hydrogen-bond donors (Lipinski definition) is 1. The molecule has 0 saturated carbocycles. The van der Waals surface area contributed by atoms with Crippen LogP contribution in [0.4, 0.5) is 0 Å². The summed E-state index contributed by atoms with van der Waals surface area (Å²) in [5.74, 6) is -2.48. The van der Waals surface area contributed by atoms with Crippen LogP contribution in [-0.4, -0.2) is 44.1 Å². The van der Waals surface area contributed by atoms with Crippen molar-refractivity contribution in [2.24, 2.45) is 11.8 Å². The van der Waals surface area contributed by atoms with Crippen LogP contribution in [-0.2, 0) is 14.0 Å². The summed E-state index contributed by atoms with van der Waals surface area (Å²) in [6, 6.07) is 9.20. The van der Waals surface area contributed by atoms with Crippen LogP contribution in [0, 0.1) is 22.0 Å². The number of carbonyl (C=O) groups is 1. The molecule has 3 atom stereocenters. The van der Waals surface area contributed by atoms with Crippen molar-refractivity contribution >= 4 is 14.3 Å². The molecular weight excluding hydrogens is 378 g/mol. The third kappa shape index (κ3) is 6.39.